The Balaban J connectivity index is 2.13. The van der Waals surface area contributed by atoms with Gasteiger partial charge in [-0.15, -0.1) is 0 Å². The minimum absolute atomic E-state index is 0.285. The van der Waals surface area contributed by atoms with E-state index in [-0.39, 0.29) is 6.04 Å². The van der Waals surface area contributed by atoms with Gasteiger partial charge in [-0.05, 0) is 43.3 Å². The molecule has 0 aliphatic rings. The molecule has 0 aliphatic carbocycles. The van der Waals surface area contributed by atoms with Crippen molar-refractivity contribution in [2.45, 2.75) is 19.4 Å². The van der Waals surface area contributed by atoms with E-state index in [9.17, 15) is 0 Å². The average Bonchev–Trinajstić information content (AvgIpc) is 2.39. The van der Waals surface area contributed by atoms with Crippen molar-refractivity contribution in [3.8, 4) is 0 Å². The van der Waals surface area contributed by atoms with E-state index in [1.807, 2.05) is 37.8 Å². The summed E-state index contributed by atoms with van der Waals surface area (Å²) in [7, 11) is 1.97. The van der Waals surface area contributed by atoms with Gasteiger partial charge in [-0.3, -0.25) is 9.97 Å². The second kappa shape index (κ2) is 5.55. The van der Waals surface area contributed by atoms with Crippen LogP contribution in [-0.2, 0) is 6.42 Å². The number of likely N-dealkylation sites (N-methyl/N-ethyl adjacent to an activating group) is 1. The summed E-state index contributed by atoms with van der Waals surface area (Å²) in [6.07, 6.45) is 6.44. The Morgan fingerprint density at radius 2 is 1.94 bits per heavy atom. The summed E-state index contributed by atoms with van der Waals surface area (Å²) in [5, 5.41) is 3.31. The maximum Gasteiger partial charge on any atom is 0.0422 e. The van der Waals surface area contributed by atoms with Crippen LogP contribution in [0.2, 0.25) is 0 Å². The number of aromatic nitrogens is 2. The van der Waals surface area contributed by atoms with Gasteiger partial charge in [-0.25, -0.2) is 0 Å². The van der Waals surface area contributed by atoms with Crippen molar-refractivity contribution in [3.05, 3.63) is 59.7 Å². The summed E-state index contributed by atoms with van der Waals surface area (Å²) in [5.74, 6) is 0. The first-order valence-corrected chi connectivity index (χ1v) is 5.78. The van der Waals surface area contributed by atoms with E-state index in [2.05, 4.69) is 34.3 Å². The lowest BCUT2D eigenvalue weighted by atomic mass is 10.0. The van der Waals surface area contributed by atoms with Gasteiger partial charge in [0.25, 0.3) is 0 Å². The van der Waals surface area contributed by atoms with E-state index in [4.69, 9.17) is 0 Å². The van der Waals surface area contributed by atoms with Crippen LogP contribution in [-0.4, -0.2) is 17.0 Å². The molecule has 2 aromatic heterocycles. The van der Waals surface area contributed by atoms with Gasteiger partial charge in [0.2, 0.25) is 0 Å². The Kier molecular flexibility index (Phi) is 3.83. The normalized spacial score (nSPS) is 12.4. The van der Waals surface area contributed by atoms with Crippen molar-refractivity contribution in [3.63, 3.8) is 0 Å². The van der Waals surface area contributed by atoms with Gasteiger partial charge >= 0.3 is 0 Å². The van der Waals surface area contributed by atoms with Crippen LogP contribution >= 0.6 is 0 Å². The first-order valence-electron chi connectivity index (χ1n) is 5.78. The zero-order valence-electron chi connectivity index (χ0n) is 10.2. The molecule has 0 spiro atoms. The molecule has 0 aliphatic heterocycles. The van der Waals surface area contributed by atoms with Crippen LogP contribution in [0.5, 0.6) is 0 Å². The van der Waals surface area contributed by atoms with Crippen molar-refractivity contribution in [2.24, 2.45) is 0 Å². The predicted octanol–water partition coefficient (Wildman–Crippen LogP) is 2.29. The largest absolute Gasteiger partial charge is 0.313 e. The second-order valence-electron chi connectivity index (χ2n) is 4.15. The molecule has 2 rings (SSSR count). The van der Waals surface area contributed by atoms with Crippen molar-refractivity contribution in [1.29, 1.82) is 0 Å². The fraction of sp³-hybridized carbons (Fsp3) is 0.286. The maximum absolute atomic E-state index is 4.44. The van der Waals surface area contributed by atoms with E-state index in [1.165, 1.54) is 11.1 Å². The third-order valence-corrected chi connectivity index (χ3v) is 2.84. The summed E-state index contributed by atoms with van der Waals surface area (Å²) < 4.78 is 0. The van der Waals surface area contributed by atoms with Crippen LogP contribution in [0.4, 0.5) is 0 Å². The second-order valence-corrected chi connectivity index (χ2v) is 4.15. The fourth-order valence-corrected chi connectivity index (χ4v) is 1.81. The van der Waals surface area contributed by atoms with E-state index in [0.717, 1.165) is 12.1 Å². The Bertz CT molecular complexity index is 451. The quantitative estimate of drug-likeness (QED) is 0.870. The lowest BCUT2D eigenvalue weighted by Gasteiger charge is -2.15. The van der Waals surface area contributed by atoms with Gasteiger partial charge in [0.1, 0.15) is 0 Å². The van der Waals surface area contributed by atoms with E-state index < -0.39 is 0 Å². The molecule has 2 heterocycles. The van der Waals surface area contributed by atoms with E-state index in [1.54, 1.807) is 0 Å². The summed E-state index contributed by atoms with van der Waals surface area (Å²) in [6.45, 7) is 2.05. The third-order valence-electron chi connectivity index (χ3n) is 2.84. The summed E-state index contributed by atoms with van der Waals surface area (Å²) in [5.41, 5.74) is 3.54. The molecule has 0 fully saturated rings. The van der Waals surface area contributed by atoms with Gasteiger partial charge in [0, 0.05) is 36.7 Å². The number of hydrogen-bond donors (Lipinski definition) is 1. The molecule has 1 N–H and O–H groups in total. The minimum atomic E-state index is 0.285. The first-order chi connectivity index (χ1) is 8.29. The van der Waals surface area contributed by atoms with Crippen LogP contribution in [0.3, 0.4) is 0 Å². The topological polar surface area (TPSA) is 37.8 Å². The third kappa shape index (κ3) is 3.11. The van der Waals surface area contributed by atoms with Gasteiger partial charge in [0.15, 0.2) is 0 Å². The molecular weight excluding hydrogens is 210 g/mol. The molecule has 0 bridgehead atoms. The van der Waals surface area contributed by atoms with Gasteiger partial charge in [0.05, 0.1) is 0 Å². The van der Waals surface area contributed by atoms with Gasteiger partial charge in [-0.2, -0.15) is 0 Å². The van der Waals surface area contributed by atoms with Gasteiger partial charge in [-0.1, -0.05) is 6.07 Å². The molecule has 1 atom stereocenters. The lowest BCUT2D eigenvalue weighted by molar-refractivity contribution is 0.583. The van der Waals surface area contributed by atoms with Crippen LogP contribution in [0.25, 0.3) is 0 Å². The van der Waals surface area contributed by atoms with Crippen molar-refractivity contribution < 1.29 is 0 Å². The lowest BCUT2D eigenvalue weighted by Crippen LogP contribution is -2.19. The zero-order chi connectivity index (χ0) is 12.1. The molecule has 2 aromatic rings. The highest BCUT2D eigenvalue weighted by Gasteiger charge is 2.10. The molecule has 17 heavy (non-hydrogen) atoms. The number of rotatable bonds is 4. The number of nitrogens with zero attached hydrogens (tertiary/aromatic N) is 2. The van der Waals surface area contributed by atoms with Crippen molar-refractivity contribution in [1.82, 2.24) is 15.3 Å². The Hall–Kier alpha value is -1.74. The predicted molar refractivity (Wildman–Crippen MR) is 68.7 cm³/mol. The minimum Gasteiger partial charge on any atom is -0.313 e. The Morgan fingerprint density at radius 3 is 2.53 bits per heavy atom. The number of pyridine rings is 2. The summed E-state index contributed by atoms with van der Waals surface area (Å²) in [4.78, 5) is 8.47. The van der Waals surface area contributed by atoms with E-state index >= 15 is 0 Å². The highest BCUT2D eigenvalue weighted by molar-refractivity contribution is 5.19. The smallest absolute Gasteiger partial charge is 0.0422 e. The van der Waals surface area contributed by atoms with Crippen LogP contribution in [0.15, 0.2) is 42.9 Å². The molecule has 0 saturated heterocycles. The van der Waals surface area contributed by atoms with Crippen molar-refractivity contribution >= 4 is 0 Å². The maximum atomic E-state index is 4.44. The number of hydrogen-bond acceptors (Lipinski definition) is 3. The highest BCUT2D eigenvalue weighted by Crippen LogP contribution is 2.16. The Morgan fingerprint density at radius 1 is 1.18 bits per heavy atom. The molecular formula is C14H17N3. The van der Waals surface area contributed by atoms with Crippen LogP contribution in [0, 0.1) is 6.92 Å². The first kappa shape index (κ1) is 11.7. The SMILES string of the molecule is CNC(Cc1ccc(C)cn1)c1ccncc1. The highest BCUT2D eigenvalue weighted by atomic mass is 14.9. The van der Waals surface area contributed by atoms with Gasteiger partial charge < -0.3 is 5.32 Å². The standard InChI is InChI=1S/C14H17N3/c1-11-3-4-13(17-10-11)9-14(15-2)12-5-7-16-8-6-12/h3-8,10,14-15H,9H2,1-2H3. The molecule has 0 amide bonds. The van der Waals surface area contributed by atoms with E-state index in [0.29, 0.717) is 0 Å². The molecule has 88 valence electrons. The molecule has 3 heteroatoms. The van der Waals surface area contributed by atoms with Crippen LogP contribution < -0.4 is 5.32 Å². The summed E-state index contributed by atoms with van der Waals surface area (Å²) >= 11 is 0. The zero-order valence-corrected chi connectivity index (χ0v) is 10.2. The van der Waals surface area contributed by atoms with Crippen LogP contribution in [0.1, 0.15) is 22.9 Å². The molecule has 3 nitrogen and oxygen atoms in total. The fourth-order valence-electron chi connectivity index (χ4n) is 1.81. The number of nitrogens with one attached hydrogen (secondary N) is 1. The molecule has 1 unspecified atom stereocenters. The molecule has 0 radical (unpaired) electrons. The van der Waals surface area contributed by atoms with Crippen molar-refractivity contribution in [2.75, 3.05) is 7.05 Å². The monoisotopic (exact) mass is 227 g/mol. The molecule has 0 saturated carbocycles. The Labute approximate surface area is 102 Å². The summed E-state index contributed by atoms with van der Waals surface area (Å²) in [6, 6.07) is 8.54. The average molecular weight is 227 g/mol. The molecule has 0 aromatic carbocycles. The number of aryl methyl sites for hydroxylation is 1.